The number of hydrogen-bond donors (Lipinski definition) is 0. The predicted molar refractivity (Wildman–Crippen MR) is 176 cm³/mol. The lowest BCUT2D eigenvalue weighted by Gasteiger charge is -2.26. The average Bonchev–Trinajstić information content (AvgIpc) is 3.36. The first-order valence-electron chi connectivity index (χ1n) is 14.6. The Morgan fingerprint density at radius 2 is 1.70 bits per heavy atom. The molecule has 8 nitrogen and oxygen atoms in total. The number of ether oxygens (including phenoxy) is 2. The van der Waals surface area contributed by atoms with Gasteiger partial charge in [-0.05, 0) is 50.3 Å². The Balaban J connectivity index is 0.000000301. The van der Waals surface area contributed by atoms with Gasteiger partial charge in [-0.15, -0.1) is 16.7 Å². The van der Waals surface area contributed by atoms with Crippen molar-refractivity contribution < 1.29 is 18.7 Å². The number of unbranched alkanes of at least 4 members (excludes halogenated alkanes) is 1. The van der Waals surface area contributed by atoms with E-state index in [1.165, 1.54) is 6.07 Å². The van der Waals surface area contributed by atoms with Crippen LogP contribution in [0.5, 0.6) is 5.75 Å². The number of nitrogens with zero attached hydrogens (tertiary/aromatic N) is 3. The van der Waals surface area contributed by atoms with Crippen molar-refractivity contribution in [2.45, 2.75) is 92.6 Å². The smallest absolute Gasteiger partial charge is 0.442 e. The van der Waals surface area contributed by atoms with Crippen LogP contribution in [-0.4, -0.2) is 41.0 Å². The second-order valence-electron chi connectivity index (χ2n) is 11.2. The summed E-state index contributed by atoms with van der Waals surface area (Å²) >= 11 is 18.1. The third-order valence-electron chi connectivity index (χ3n) is 6.29. The van der Waals surface area contributed by atoms with E-state index in [-0.39, 0.29) is 35.1 Å². The van der Waals surface area contributed by atoms with Gasteiger partial charge >= 0.3 is 5.76 Å². The van der Waals surface area contributed by atoms with Gasteiger partial charge in [0.2, 0.25) is 11.8 Å². The highest BCUT2D eigenvalue weighted by molar-refractivity contribution is 6.36. The minimum Gasteiger partial charge on any atom is -0.489 e. The minimum atomic E-state index is -0.607. The van der Waals surface area contributed by atoms with Gasteiger partial charge in [0.05, 0.1) is 27.5 Å². The number of rotatable bonds is 12. The average molecular weight is 657 g/mol. The van der Waals surface area contributed by atoms with Crippen molar-refractivity contribution >= 4 is 46.4 Å². The number of anilines is 1. The van der Waals surface area contributed by atoms with Crippen molar-refractivity contribution in [3.63, 3.8) is 0 Å². The summed E-state index contributed by atoms with van der Waals surface area (Å²) in [5.74, 6) is 0.0183. The summed E-state index contributed by atoms with van der Waals surface area (Å²) in [6, 6.07) is 9.28. The molecule has 0 saturated heterocycles. The van der Waals surface area contributed by atoms with Gasteiger partial charge in [-0.25, -0.2) is 4.79 Å². The number of aryl methyl sites for hydroxylation is 2. The molecule has 3 aromatic rings. The maximum atomic E-state index is 12.2. The van der Waals surface area contributed by atoms with E-state index >= 15 is 0 Å². The number of carbonyl (C=O) groups is 1. The van der Waals surface area contributed by atoms with Crippen molar-refractivity contribution in [2.75, 3.05) is 24.1 Å². The summed E-state index contributed by atoms with van der Waals surface area (Å²) in [6.07, 6.45) is 3.77. The van der Waals surface area contributed by atoms with E-state index in [1.54, 1.807) is 11.0 Å². The fourth-order valence-corrected chi connectivity index (χ4v) is 4.71. The Morgan fingerprint density at radius 3 is 2.19 bits per heavy atom. The van der Waals surface area contributed by atoms with Crippen LogP contribution in [0.1, 0.15) is 85.2 Å². The van der Waals surface area contributed by atoms with E-state index in [0.717, 1.165) is 47.2 Å². The van der Waals surface area contributed by atoms with Crippen LogP contribution in [0, 0.1) is 0 Å². The standard InChI is InChI=1S/C17H26ClNO2.C15H18Cl2N2O3/c1-4-7-11-21-13-19(16(20)12-18)17-14(5-2)9-8-10-15(17)6-3;1-8(2)21-12-7-11(9(16)6-10(12)17)19-14(20)22-13(18-19)15(3,4)5/h8-10H,4-7,11-13H2,1-3H3;6-8H,1-5H3. The Bertz CT molecular complexity index is 1370. The number of para-hydroxylation sites is 1. The van der Waals surface area contributed by atoms with Gasteiger partial charge in [-0.2, -0.15) is 4.68 Å². The Hall–Kier alpha value is -2.52. The first kappa shape index (κ1) is 36.7. The predicted octanol–water partition coefficient (Wildman–Crippen LogP) is 8.37. The number of benzene rings is 2. The lowest BCUT2D eigenvalue weighted by molar-refractivity contribution is -0.117. The van der Waals surface area contributed by atoms with Crippen molar-refractivity contribution in [2.24, 2.45) is 0 Å². The molecule has 43 heavy (non-hydrogen) atoms. The van der Waals surface area contributed by atoms with Crippen LogP contribution >= 0.6 is 34.8 Å². The molecule has 0 N–H and O–H groups in total. The quantitative estimate of drug-likeness (QED) is 0.111. The molecule has 0 spiro atoms. The fraction of sp³-hybridized carbons (Fsp3) is 0.531. The first-order valence-corrected chi connectivity index (χ1v) is 15.9. The van der Waals surface area contributed by atoms with Crippen LogP contribution in [0.4, 0.5) is 5.69 Å². The summed E-state index contributed by atoms with van der Waals surface area (Å²) in [4.78, 5) is 26.0. The van der Waals surface area contributed by atoms with Crippen LogP contribution < -0.4 is 15.4 Å². The third-order valence-corrected chi connectivity index (χ3v) is 7.12. The van der Waals surface area contributed by atoms with Gasteiger partial charge in [0.25, 0.3) is 0 Å². The molecule has 1 heterocycles. The number of hydrogen-bond acceptors (Lipinski definition) is 6. The van der Waals surface area contributed by atoms with Gasteiger partial charge in [0.1, 0.15) is 18.4 Å². The molecule has 0 unspecified atom stereocenters. The summed E-state index contributed by atoms with van der Waals surface area (Å²) in [5, 5.41) is 4.88. The topological polar surface area (TPSA) is 86.8 Å². The summed E-state index contributed by atoms with van der Waals surface area (Å²) < 4.78 is 17.6. The molecule has 0 atom stereocenters. The largest absolute Gasteiger partial charge is 0.489 e. The Morgan fingerprint density at radius 1 is 1.07 bits per heavy atom. The van der Waals surface area contributed by atoms with Gasteiger partial charge in [0, 0.05) is 18.1 Å². The zero-order chi connectivity index (χ0) is 32.3. The number of amides is 1. The van der Waals surface area contributed by atoms with Crippen LogP contribution in [-0.2, 0) is 27.8 Å². The molecule has 0 bridgehead atoms. The number of alkyl halides is 1. The number of halogens is 3. The molecular weight excluding hydrogens is 613 g/mol. The molecule has 0 aliphatic rings. The summed E-state index contributed by atoms with van der Waals surface area (Å²) in [7, 11) is 0. The molecule has 0 radical (unpaired) electrons. The molecule has 0 aliphatic heterocycles. The van der Waals surface area contributed by atoms with E-state index in [9.17, 15) is 9.59 Å². The molecule has 11 heteroatoms. The van der Waals surface area contributed by atoms with E-state index in [0.29, 0.717) is 29.0 Å². The highest BCUT2D eigenvalue weighted by atomic mass is 35.5. The zero-order valence-electron chi connectivity index (χ0n) is 26.4. The normalized spacial score (nSPS) is 11.3. The highest BCUT2D eigenvalue weighted by Gasteiger charge is 2.24. The Labute approximate surface area is 270 Å². The molecule has 1 aromatic heterocycles. The SMILES string of the molecule is CC(C)Oc1cc(-n2nc(C(C)(C)C)oc2=O)c(Cl)cc1Cl.CCCCOCN(C(=O)CCl)c1c(CC)cccc1CC. The van der Waals surface area contributed by atoms with Crippen LogP contribution in [0.2, 0.25) is 10.0 Å². The zero-order valence-corrected chi connectivity index (χ0v) is 28.7. The minimum absolute atomic E-state index is 0.0294. The van der Waals surface area contributed by atoms with E-state index in [4.69, 9.17) is 48.7 Å². The van der Waals surface area contributed by atoms with Crippen molar-refractivity contribution in [1.82, 2.24) is 9.78 Å². The second kappa shape index (κ2) is 17.1. The molecule has 1 amide bonds. The maximum Gasteiger partial charge on any atom is 0.442 e. The van der Waals surface area contributed by atoms with Crippen molar-refractivity contribution in [3.8, 4) is 11.4 Å². The van der Waals surface area contributed by atoms with Crippen LogP contribution in [0.25, 0.3) is 5.69 Å². The van der Waals surface area contributed by atoms with Crippen LogP contribution in [0.15, 0.2) is 39.5 Å². The second-order valence-corrected chi connectivity index (χ2v) is 12.3. The van der Waals surface area contributed by atoms with E-state index in [2.05, 4.69) is 38.0 Å². The molecule has 2 aromatic carbocycles. The maximum absolute atomic E-state index is 12.2. The van der Waals surface area contributed by atoms with E-state index < -0.39 is 5.76 Å². The highest BCUT2D eigenvalue weighted by Crippen LogP contribution is 2.33. The molecule has 238 valence electrons. The monoisotopic (exact) mass is 655 g/mol. The van der Waals surface area contributed by atoms with Crippen molar-refractivity contribution in [1.29, 1.82) is 0 Å². The molecule has 0 fully saturated rings. The lowest BCUT2D eigenvalue weighted by atomic mass is 9.97. The van der Waals surface area contributed by atoms with E-state index in [1.807, 2.05) is 40.7 Å². The fourth-order valence-electron chi connectivity index (χ4n) is 4.06. The summed E-state index contributed by atoms with van der Waals surface area (Å²) in [6.45, 7) is 16.7. The Kier molecular flexibility index (Phi) is 14.6. The molecule has 0 saturated carbocycles. The van der Waals surface area contributed by atoms with Gasteiger partial charge < -0.3 is 13.9 Å². The van der Waals surface area contributed by atoms with Crippen LogP contribution in [0.3, 0.4) is 0 Å². The number of aromatic nitrogens is 2. The van der Waals surface area contributed by atoms with Gasteiger partial charge in [0.15, 0.2) is 0 Å². The molecule has 3 rings (SSSR count). The van der Waals surface area contributed by atoms with Gasteiger partial charge in [-0.1, -0.05) is 89.4 Å². The molecule has 0 aliphatic carbocycles. The molecular formula is C32H44Cl3N3O5. The third kappa shape index (κ3) is 10.3. The van der Waals surface area contributed by atoms with Gasteiger partial charge in [-0.3, -0.25) is 9.69 Å². The summed E-state index contributed by atoms with van der Waals surface area (Å²) in [5.41, 5.74) is 3.27. The number of carbonyl (C=O) groups excluding carboxylic acids is 1. The first-order chi connectivity index (χ1) is 20.3. The lowest BCUT2D eigenvalue weighted by Crippen LogP contribution is -2.35. The van der Waals surface area contributed by atoms with Crippen molar-refractivity contribution in [3.05, 3.63) is 67.9 Å².